The number of amides is 1. The average Bonchev–Trinajstić information content (AvgIpc) is 2.83. The zero-order valence-corrected chi connectivity index (χ0v) is 23.1. The Balaban J connectivity index is 2.04. The second-order valence-electron chi connectivity index (χ2n) is 11.2. The quantitative estimate of drug-likeness (QED) is 0.341. The molecule has 12 heteroatoms. The second-order valence-corrected chi connectivity index (χ2v) is 15.0. The summed E-state index contributed by atoms with van der Waals surface area (Å²) in [6.45, 7) is 12.5. The number of benzene rings is 1. The number of nitrogens with zero attached hydrogens (tertiary/aromatic N) is 2. The molecule has 0 bridgehead atoms. The number of aliphatic hydroxyl groups is 1. The van der Waals surface area contributed by atoms with E-state index in [9.17, 15) is 28.1 Å². The molecule has 1 unspecified atom stereocenters. The van der Waals surface area contributed by atoms with Gasteiger partial charge in [-0.3, -0.25) is 0 Å². The van der Waals surface area contributed by atoms with Gasteiger partial charge in [-0.1, -0.05) is 0 Å². The molecule has 1 amide bonds. The Morgan fingerprint density at radius 3 is 2.43 bits per heavy atom. The number of nitrogens with one attached hydrogen (secondary N) is 2. The van der Waals surface area contributed by atoms with E-state index < -0.39 is 29.3 Å². The molecule has 0 fully saturated rings. The molecule has 0 saturated carbocycles. The molecular weight excluding hydrogens is 491 g/mol. The van der Waals surface area contributed by atoms with Crippen LogP contribution in [0.2, 0.25) is 0 Å². The van der Waals surface area contributed by atoms with Gasteiger partial charge in [-0.2, -0.15) is 0 Å². The van der Waals surface area contributed by atoms with Gasteiger partial charge in [0.15, 0.2) is 0 Å². The summed E-state index contributed by atoms with van der Waals surface area (Å²) >= 11 is 0. The number of hydrogen-bond acceptors (Lipinski definition) is 8. The van der Waals surface area contributed by atoms with Crippen molar-refractivity contribution < 1.29 is 28.1 Å². The first-order valence-electron chi connectivity index (χ1n) is 11.5. The normalized spacial score (nSPS) is 23.2. The number of hydrogen-bond donors (Lipinski definition) is 5. The zero-order valence-electron chi connectivity index (χ0n) is 21.3. The molecule has 2 heterocycles. The van der Waals surface area contributed by atoms with Crippen LogP contribution in [-0.2, 0) is 14.8 Å². The summed E-state index contributed by atoms with van der Waals surface area (Å²) in [5.41, 5.74) is -0.645. The molecule has 1 aromatic carbocycles. The van der Waals surface area contributed by atoms with Gasteiger partial charge >= 0.3 is 208 Å². The first-order valence-corrected chi connectivity index (χ1v) is 15.3. The monoisotopic (exact) mass is 528 g/mol. The Morgan fingerprint density at radius 2 is 1.89 bits per heavy atom. The van der Waals surface area contributed by atoms with Crippen LogP contribution in [0.4, 0.5) is 11.4 Å². The van der Waals surface area contributed by atoms with Crippen LogP contribution in [0.3, 0.4) is 0 Å². The van der Waals surface area contributed by atoms with Gasteiger partial charge in [0.25, 0.3) is 0 Å². The Labute approximate surface area is 207 Å². The molecule has 2 aliphatic rings. The van der Waals surface area contributed by atoms with Crippen molar-refractivity contribution in [1.82, 2.24) is 4.90 Å². The van der Waals surface area contributed by atoms with Crippen molar-refractivity contribution in [2.24, 2.45) is 16.1 Å². The summed E-state index contributed by atoms with van der Waals surface area (Å²) in [6.07, 6.45) is 2.22. The minimum absolute atomic E-state index is 0.0348. The van der Waals surface area contributed by atoms with Crippen LogP contribution in [0.25, 0.3) is 0 Å². The standard InChI is InChI=1S/C23H37N4O6PS/c1-14(2)13-23(6)19(28)18(21(29)27(23)11-10-22(3,4)5)20-24-16-9-8-15(26-35(7,32)33)12-17(16)34(30,31)25-20/h8-9,12,14,26,28,30-31,34H,10-11,13H2,1-7H3,(H,24,25). The maximum atomic E-state index is 13.6. The summed E-state index contributed by atoms with van der Waals surface area (Å²) in [7, 11) is -8.05. The fraction of sp³-hybridized carbons (Fsp3) is 0.565. The molecule has 0 radical (unpaired) electrons. The fourth-order valence-corrected chi connectivity index (χ4v) is 6.58. The van der Waals surface area contributed by atoms with Crippen LogP contribution in [0.15, 0.2) is 34.3 Å². The molecule has 3 rings (SSSR count). The first kappa shape index (κ1) is 27.4. The molecule has 0 spiro atoms. The number of carbonyl (C=O) groups excluding carboxylic acids is 1. The number of sulfonamides is 1. The molecule has 35 heavy (non-hydrogen) atoms. The van der Waals surface area contributed by atoms with E-state index in [4.69, 9.17) is 0 Å². The third-order valence-electron chi connectivity index (χ3n) is 6.13. The molecule has 2 aliphatic heterocycles. The van der Waals surface area contributed by atoms with E-state index in [2.05, 4.69) is 35.6 Å². The van der Waals surface area contributed by atoms with Gasteiger partial charge in [0, 0.05) is 0 Å². The van der Waals surface area contributed by atoms with Crippen molar-refractivity contribution in [3.05, 3.63) is 29.5 Å². The molecule has 1 atom stereocenters. The number of fused-ring (bicyclic) bond motifs is 1. The molecule has 1 aromatic rings. The SMILES string of the molecule is CC(C)CC1(C)C(O)=C(C2=N[PH](O)(O)c3cc(NS(C)(=O)=O)ccc3N2)C(=O)N1CCC(C)(C)C. The average molecular weight is 529 g/mol. The number of amidine groups is 1. The summed E-state index contributed by atoms with van der Waals surface area (Å²) in [4.78, 5) is 37.0. The van der Waals surface area contributed by atoms with E-state index in [1.807, 2.05) is 20.8 Å². The first-order chi connectivity index (χ1) is 15.8. The Hall–Kier alpha value is -2.20. The summed E-state index contributed by atoms with van der Waals surface area (Å²) in [6, 6.07) is 4.25. The van der Waals surface area contributed by atoms with Gasteiger partial charge in [-0.15, -0.1) is 0 Å². The zero-order chi connectivity index (χ0) is 26.6. The van der Waals surface area contributed by atoms with E-state index in [0.717, 1.165) is 6.26 Å². The molecule has 0 aromatic heterocycles. The fourth-order valence-electron chi connectivity index (χ4n) is 4.57. The van der Waals surface area contributed by atoms with Crippen LogP contribution >= 0.6 is 7.87 Å². The molecular formula is C23H37N4O6PS. The maximum absolute atomic E-state index is 13.6. The second kappa shape index (κ2) is 9.03. The van der Waals surface area contributed by atoms with Gasteiger partial charge in [-0.05, 0) is 0 Å². The van der Waals surface area contributed by atoms with Crippen LogP contribution < -0.4 is 15.3 Å². The van der Waals surface area contributed by atoms with Gasteiger partial charge < -0.3 is 0 Å². The number of aliphatic hydroxyl groups excluding tert-OH is 1. The van der Waals surface area contributed by atoms with Gasteiger partial charge in [0.2, 0.25) is 0 Å². The topological polar surface area (TPSA) is 152 Å². The molecule has 10 nitrogen and oxygen atoms in total. The van der Waals surface area contributed by atoms with E-state index in [1.165, 1.54) is 18.2 Å². The van der Waals surface area contributed by atoms with Crippen LogP contribution in [0, 0.1) is 11.3 Å². The minimum atomic E-state index is -4.48. The van der Waals surface area contributed by atoms with Gasteiger partial charge in [0.1, 0.15) is 0 Å². The Bertz CT molecular complexity index is 1200. The van der Waals surface area contributed by atoms with Crippen LogP contribution in [0.1, 0.15) is 54.4 Å². The van der Waals surface area contributed by atoms with Crippen molar-refractivity contribution >= 4 is 46.3 Å². The summed E-state index contributed by atoms with van der Waals surface area (Å²) < 4.78 is 29.5. The van der Waals surface area contributed by atoms with Crippen molar-refractivity contribution in [3.63, 3.8) is 0 Å². The van der Waals surface area contributed by atoms with Gasteiger partial charge in [-0.25, -0.2) is 0 Å². The molecule has 0 saturated heterocycles. The predicted octanol–water partition coefficient (Wildman–Crippen LogP) is 2.88. The van der Waals surface area contributed by atoms with Gasteiger partial charge in [0.05, 0.1) is 0 Å². The van der Waals surface area contributed by atoms with Crippen LogP contribution in [-0.4, -0.2) is 58.3 Å². The summed E-state index contributed by atoms with van der Waals surface area (Å²) in [5, 5.41) is 14.3. The van der Waals surface area contributed by atoms with E-state index in [0.29, 0.717) is 19.4 Å². The van der Waals surface area contributed by atoms with E-state index >= 15 is 0 Å². The molecule has 196 valence electrons. The van der Waals surface area contributed by atoms with Crippen LogP contribution in [0.5, 0.6) is 0 Å². The molecule has 5 N–H and O–H groups in total. The van der Waals surface area contributed by atoms with Crippen molar-refractivity contribution in [2.75, 3.05) is 22.8 Å². The number of rotatable bonds is 7. The predicted molar refractivity (Wildman–Crippen MR) is 142 cm³/mol. The third-order valence-corrected chi connectivity index (χ3v) is 8.41. The van der Waals surface area contributed by atoms with E-state index in [1.54, 1.807) is 4.90 Å². The third kappa shape index (κ3) is 5.80. The van der Waals surface area contributed by atoms with Crippen molar-refractivity contribution in [1.29, 1.82) is 0 Å². The van der Waals surface area contributed by atoms with Crippen molar-refractivity contribution in [3.8, 4) is 0 Å². The van der Waals surface area contributed by atoms with Crippen molar-refractivity contribution in [2.45, 2.75) is 59.9 Å². The Kier molecular flexibility index (Phi) is 7.07. The number of carbonyl (C=O) groups is 1. The number of anilines is 2. The molecule has 0 aliphatic carbocycles. The Morgan fingerprint density at radius 1 is 1.26 bits per heavy atom. The van der Waals surface area contributed by atoms with E-state index in [-0.39, 0.29) is 45.2 Å². The summed E-state index contributed by atoms with van der Waals surface area (Å²) in [5.74, 6) is -0.503.